The molecule has 2 atom stereocenters. The highest BCUT2D eigenvalue weighted by Crippen LogP contribution is 2.12. The zero-order valence-electron chi connectivity index (χ0n) is 11.9. The van der Waals surface area contributed by atoms with Crippen molar-refractivity contribution in [1.29, 1.82) is 0 Å². The summed E-state index contributed by atoms with van der Waals surface area (Å²) in [5.74, 6) is 0. The molecule has 0 aliphatic carbocycles. The molecule has 0 spiro atoms. The van der Waals surface area contributed by atoms with Gasteiger partial charge in [-0.15, -0.1) is 0 Å². The average Bonchev–Trinajstić information content (AvgIpc) is 2.30. The summed E-state index contributed by atoms with van der Waals surface area (Å²) >= 11 is 0. The van der Waals surface area contributed by atoms with E-state index in [2.05, 4.69) is 36.1 Å². The van der Waals surface area contributed by atoms with Crippen LogP contribution in [0.5, 0.6) is 0 Å². The number of likely N-dealkylation sites (N-methyl/N-ethyl adjacent to an activating group) is 1. The van der Waals surface area contributed by atoms with Gasteiger partial charge in [0.1, 0.15) is 0 Å². The highest BCUT2D eigenvalue weighted by Gasteiger charge is 2.20. The molecular weight excluding hydrogens is 214 g/mol. The summed E-state index contributed by atoms with van der Waals surface area (Å²) in [6, 6.07) is 1.19. The van der Waals surface area contributed by atoms with Gasteiger partial charge in [0.25, 0.3) is 0 Å². The lowest BCUT2D eigenvalue weighted by Gasteiger charge is -2.36. The van der Waals surface area contributed by atoms with Gasteiger partial charge in [0.15, 0.2) is 0 Å². The largest absolute Gasteiger partial charge is 0.383 e. The van der Waals surface area contributed by atoms with Gasteiger partial charge in [-0.05, 0) is 40.4 Å². The Labute approximate surface area is 106 Å². The number of hydrogen-bond donors (Lipinski definition) is 1. The predicted octanol–water partition coefficient (Wildman–Crippen LogP) is 0.637. The Kier molecular flexibility index (Phi) is 7.04. The zero-order valence-corrected chi connectivity index (χ0v) is 11.9. The van der Waals surface area contributed by atoms with Gasteiger partial charge < -0.3 is 19.9 Å². The van der Waals surface area contributed by atoms with Crippen LogP contribution in [0.25, 0.3) is 0 Å². The van der Waals surface area contributed by atoms with Crippen molar-refractivity contribution in [2.24, 2.45) is 0 Å². The first-order valence-corrected chi connectivity index (χ1v) is 6.74. The fourth-order valence-corrected chi connectivity index (χ4v) is 2.43. The van der Waals surface area contributed by atoms with Crippen LogP contribution in [0.4, 0.5) is 0 Å². The summed E-state index contributed by atoms with van der Waals surface area (Å²) in [5.41, 5.74) is 0. The average molecular weight is 243 g/mol. The fraction of sp³-hybridized carbons (Fsp3) is 1.00. The Morgan fingerprint density at radius 2 is 2.24 bits per heavy atom. The number of nitrogens with zero attached hydrogens (tertiary/aromatic N) is 2. The maximum absolute atomic E-state index is 5.11. The molecule has 17 heavy (non-hydrogen) atoms. The summed E-state index contributed by atoms with van der Waals surface area (Å²) in [7, 11) is 6.13. The van der Waals surface area contributed by atoms with Gasteiger partial charge in [0, 0.05) is 38.8 Å². The van der Waals surface area contributed by atoms with Crippen molar-refractivity contribution in [1.82, 2.24) is 15.1 Å². The fourth-order valence-electron chi connectivity index (χ4n) is 2.43. The van der Waals surface area contributed by atoms with E-state index in [-0.39, 0.29) is 0 Å². The maximum atomic E-state index is 5.11. The molecule has 1 saturated heterocycles. The maximum Gasteiger partial charge on any atom is 0.0613 e. The first-order chi connectivity index (χ1) is 8.13. The SMILES string of the molecule is COCC(C)NCCN1CCCC(N(C)C)C1. The first-order valence-electron chi connectivity index (χ1n) is 6.74. The molecule has 1 aliphatic heterocycles. The Balaban J connectivity index is 2.14. The normalized spacial score (nSPS) is 24.2. The van der Waals surface area contributed by atoms with E-state index in [1.54, 1.807) is 7.11 Å². The zero-order chi connectivity index (χ0) is 12.7. The second kappa shape index (κ2) is 8.03. The van der Waals surface area contributed by atoms with Crippen molar-refractivity contribution in [3.63, 3.8) is 0 Å². The van der Waals surface area contributed by atoms with Gasteiger partial charge in [-0.25, -0.2) is 0 Å². The number of rotatable bonds is 7. The van der Waals surface area contributed by atoms with E-state index in [9.17, 15) is 0 Å². The number of nitrogens with one attached hydrogen (secondary N) is 1. The van der Waals surface area contributed by atoms with E-state index in [0.717, 1.165) is 25.7 Å². The van der Waals surface area contributed by atoms with Crippen molar-refractivity contribution in [2.45, 2.75) is 31.8 Å². The van der Waals surface area contributed by atoms with Crippen LogP contribution in [0.3, 0.4) is 0 Å². The third-order valence-electron chi connectivity index (χ3n) is 3.55. The Hall–Kier alpha value is -0.160. The van der Waals surface area contributed by atoms with E-state index in [4.69, 9.17) is 4.74 Å². The number of likely N-dealkylation sites (tertiary alicyclic amines) is 1. The Morgan fingerprint density at radius 1 is 1.47 bits per heavy atom. The van der Waals surface area contributed by atoms with Gasteiger partial charge in [0.2, 0.25) is 0 Å². The molecule has 0 bridgehead atoms. The van der Waals surface area contributed by atoms with Gasteiger partial charge in [-0.3, -0.25) is 0 Å². The van der Waals surface area contributed by atoms with Crippen LogP contribution in [0.2, 0.25) is 0 Å². The number of piperidine rings is 1. The molecular formula is C13H29N3O. The molecule has 2 unspecified atom stereocenters. The minimum Gasteiger partial charge on any atom is -0.383 e. The highest BCUT2D eigenvalue weighted by molar-refractivity contribution is 4.78. The van der Waals surface area contributed by atoms with Crippen LogP contribution >= 0.6 is 0 Å². The van der Waals surface area contributed by atoms with Crippen molar-refractivity contribution < 1.29 is 4.74 Å². The monoisotopic (exact) mass is 243 g/mol. The summed E-state index contributed by atoms with van der Waals surface area (Å²) < 4.78 is 5.11. The molecule has 1 rings (SSSR count). The van der Waals surface area contributed by atoms with E-state index in [0.29, 0.717) is 6.04 Å². The molecule has 0 aromatic carbocycles. The molecule has 4 heteroatoms. The second-order valence-electron chi connectivity index (χ2n) is 5.37. The quantitative estimate of drug-likeness (QED) is 0.710. The van der Waals surface area contributed by atoms with Crippen LogP contribution in [0.1, 0.15) is 19.8 Å². The van der Waals surface area contributed by atoms with Gasteiger partial charge in [0.05, 0.1) is 6.61 Å². The van der Waals surface area contributed by atoms with E-state index in [1.807, 2.05) is 0 Å². The van der Waals surface area contributed by atoms with E-state index in [1.165, 1.54) is 25.9 Å². The number of methoxy groups -OCH3 is 1. The van der Waals surface area contributed by atoms with Gasteiger partial charge in [-0.1, -0.05) is 0 Å². The molecule has 1 fully saturated rings. The second-order valence-corrected chi connectivity index (χ2v) is 5.37. The standard InChI is InChI=1S/C13H29N3O/c1-12(11-17-4)14-7-9-16-8-5-6-13(10-16)15(2)3/h12-14H,5-11H2,1-4H3. The minimum atomic E-state index is 0.453. The van der Waals surface area contributed by atoms with Crippen LogP contribution in [-0.4, -0.2) is 75.9 Å². The molecule has 1 N–H and O–H groups in total. The van der Waals surface area contributed by atoms with Crippen LogP contribution in [-0.2, 0) is 4.74 Å². The van der Waals surface area contributed by atoms with E-state index < -0.39 is 0 Å². The minimum absolute atomic E-state index is 0.453. The third-order valence-corrected chi connectivity index (χ3v) is 3.55. The summed E-state index contributed by atoms with van der Waals surface area (Å²) in [6.07, 6.45) is 2.67. The molecule has 1 heterocycles. The molecule has 0 amide bonds. The Bertz CT molecular complexity index is 199. The molecule has 0 radical (unpaired) electrons. The number of hydrogen-bond acceptors (Lipinski definition) is 4. The molecule has 0 aromatic heterocycles. The van der Waals surface area contributed by atoms with Crippen molar-refractivity contribution >= 4 is 0 Å². The Morgan fingerprint density at radius 3 is 2.88 bits per heavy atom. The lowest BCUT2D eigenvalue weighted by molar-refractivity contribution is 0.129. The first kappa shape index (κ1) is 14.9. The van der Waals surface area contributed by atoms with Gasteiger partial charge in [-0.2, -0.15) is 0 Å². The van der Waals surface area contributed by atoms with E-state index >= 15 is 0 Å². The summed E-state index contributed by atoms with van der Waals surface area (Å²) in [5, 5.41) is 3.49. The van der Waals surface area contributed by atoms with Crippen molar-refractivity contribution in [2.75, 3.05) is 54.0 Å². The topological polar surface area (TPSA) is 27.7 Å². The predicted molar refractivity (Wildman–Crippen MR) is 72.5 cm³/mol. The number of ether oxygens (including phenoxy) is 1. The molecule has 1 aliphatic rings. The van der Waals surface area contributed by atoms with Gasteiger partial charge >= 0.3 is 0 Å². The van der Waals surface area contributed by atoms with Crippen molar-refractivity contribution in [3.05, 3.63) is 0 Å². The smallest absolute Gasteiger partial charge is 0.0613 e. The molecule has 102 valence electrons. The molecule has 0 aromatic rings. The lowest BCUT2D eigenvalue weighted by Crippen LogP contribution is -2.47. The van der Waals surface area contributed by atoms with Crippen LogP contribution in [0.15, 0.2) is 0 Å². The van der Waals surface area contributed by atoms with Crippen LogP contribution in [0, 0.1) is 0 Å². The molecule has 0 saturated carbocycles. The summed E-state index contributed by atoms with van der Waals surface area (Å²) in [6.45, 7) is 7.64. The molecule has 4 nitrogen and oxygen atoms in total. The van der Waals surface area contributed by atoms with Crippen LogP contribution < -0.4 is 5.32 Å². The summed E-state index contributed by atoms with van der Waals surface area (Å²) in [4.78, 5) is 4.92. The third kappa shape index (κ3) is 5.82. The highest BCUT2D eigenvalue weighted by atomic mass is 16.5. The van der Waals surface area contributed by atoms with Crippen molar-refractivity contribution in [3.8, 4) is 0 Å². The lowest BCUT2D eigenvalue weighted by atomic mass is 10.1.